The molecule has 0 spiro atoms. The van der Waals surface area contributed by atoms with Crippen LogP contribution in [0.2, 0.25) is 0 Å². The molecule has 1 aromatic heterocycles. The van der Waals surface area contributed by atoms with Gasteiger partial charge in [-0.05, 0) is 223 Å². The summed E-state index contributed by atoms with van der Waals surface area (Å²) in [5, 5.41) is 13.1. The smallest absolute Gasteiger partial charge is 0.252 e. The van der Waals surface area contributed by atoms with Gasteiger partial charge >= 0.3 is 0 Å². The molecule has 0 aliphatic carbocycles. The number of anilines is 6. The van der Waals surface area contributed by atoms with Crippen molar-refractivity contribution in [2.45, 2.75) is 157 Å². The van der Waals surface area contributed by atoms with Crippen molar-refractivity contribution in [1.29, 1.82) is 5.26 Å². The van der Waals surface area contributed by atoms with Crippen molar-refractivity contribution >= 4 is 84.7 Å². The summed E-state index contributed by atoms with van der Waals surface area (Å²) in [6.07, 6.45) is 0. The summed E-state index contributed by atoms with van der Waals surface area (Å²) < 4.78 is 2.49. The van der Waals surface area contributed by atoms with Gasteiger partial charge in [-0.15, -0.1) is 0 Å². The minimum Gasteiger partial charge on any atom is -0.310 e. The number of fused-ring (bicyclic) bond motifs is 7. The number of para-hydroxylation sites is 2. The van der Waals surface area contributed by atoms with E-state index in [4.69, 9.17) is 6.57 Å². The van der Waals surface area contributed by atoms with Crippen LogP contribution in [0.1, 0.15) is 164 Å². The van der Waals surface area contributed by atoms with Gasteiger partial charge in [0.15, 0.2) is 5.69 Å². The van der Waals surface area contributed by atoms with E-state index in [9.17, 15) is 5.26 Å². The molecule has 0 fully saturated rings. The van der Waals surface area contributed by atoms with Crippen LogP contribution in [0.3, 0.4) is 0 Å². The van der Waals surface area contributed by atoms with Crippen LogP contribution in [0.5, 0.6) is 0 Å². The molecule has 15 aromatic rings. The van der Waals surface area contributed by atoms with E-state index in [1.54, 1.807) is 0 Å². The van der Waals surface area contributed by atoms with Crippen molar-refractivity contribution < 1.29 is 0 Å². The van der Waals surface area contributed by atoms with Crippen LogP contribution in [0.25, 0.3) is 110 Å². The highest BCUT2D eigenvalue weighted by molar-refractivity contribution is 7.00. The Labute approximate surface area is 688 Å². The Balaban J connectivity index is 1.10. The summed E-state index contributed by atoms with van der Waals surface area (Å²) in [4.78, 5) is 9.48. The quantitative estimate of drug-likeness (QED) is 0.101. The third-order valence-electron chi connectivity index (χ3n) is 24.3. The highest BCUT2D eigenvalue weighted by atomic mass is 15.2. The first kappa shape index (κ1) is 76.2. The number of hydrogen-bond donors (Lipinski definition) is 0. The molecule has 2 aliphatic rings. The number of hydrogen-bond acceptors (Lipinski definition) is 3. The van der Waals surface area contributed by atoms with Crippen LogP contribution in [0.15, 0.2) is 291 Å². The summed E-state index contributed by atoms with van der Waals surface area (Å²) in [5.41, 5.74) is 35.5. The van der Waals surface area contributed by atoms with Crippen molar-refractivity contribution in [2.24, 2.45) is 0 Å². The molecule has 17 rings (SSSR count). The minimum absolute atomic E-state index is 0.0483. The first-order valence-corrected chi connectivity index (χ1v) is 41.1. The fourth-order valence-corrected chi connectivity index (χ4v) is 17.7. The zero-order valence-electron chi connectivity index (χ0n) is 70.5. The van der Waals surface area contributed by atoms with Crippen molar-refractivity contribution in [2.75, 3.05) is 9.80 Å². The molecule has 0 saturated carbocycles. The molecule has 570 valence electrons. The standard InChI is InChI=1S/C110H102BN5/c1-105(2,3)80-49-46-70(47-50-80)73-48-53-98-95(64-73)111-94-52-51-87(114-96-44-22-20-42-88(96)89-43-21-23-45-97(89)114)67-99(94)116(104-92(76-35-27-39-83(57-76)108(10,11)12)62-79(72-32-29-41-86(59-72)113-19)63-93(104)77-36-28-40-84(58-77)109(13,14)15)101-66-85(110(16,17)18)65-100(102(101)111)115(98)103-90(74-33-25-37-81(55-74)106(4,5)6)60-78(71-31-24-30-69(54-71)68-112)61-91(103)75-34-26-38-82(56-75)107(7,8)9/h20-67H,1-18H3. The molecule has 14 aromatic carbocycles. The molecule has 116 heavy (non-hydrogen) atoms. The highest BCUT2D eigenvalue weighted by Gasteiger charge is 2.47. The number of nitriles is 1. The maximum Gasteiger partial charge on any atom is 0.252 e. The Morgan fingerprint density at radius 1 is 0.293 bits per heavy atom. The van der Waals surface area contributed by atoms with E-state index < -0.39 is 5.41 Å². The zero-order valence-corrected chi connectivity index (χ0v) is 70.5. The SMILES string of the molecule is [C-]#[N+]c1cccc(-c2cc(-c3cccc(C(C)(C)C)c3)c(N3c4cc(-n5c6ccccc6c6ccccc65)ccc4B4c5cc(-c6ccc(C(C)(C)C)cc6)ccc5N(c5c(-c6cccc(C(C)(C)C)c6)cc(-c6cccc(C#N)c6)cc5-c5cccc(C(C)(C)C)c5)c5cc(C(C)(C)C)cc3c54)c(-c3cccc(C(C)(C)C)c3)c2)c1. The highest BCUT2D eigenvalue weighted by Crippen LogP contribution is 2.57. The van der Waals surface area contributed by atoms with E-state index in [1.807, 2.05) is 24.3 Å². The predicted octanol–water partition coefficient (Wildman–Crippen LogP) is 28.7. The molecule has 0 radical (unpaired) electrons. The normalized spacial score (nSPS) is 13.0. The fraction of sp³-hybridized carbons (Fsp3) is 0.218. The van der Waals surface area contributed by atoms with Gasteiger partial charge in [0.2, 0.25) is 0 Å². The van der Waals surface area contributed by atoms with Crippen LogP contribution in [0.4, 0.5) is 39.8 Å². The van der Waals surface area contributed by atoms with Crippen LogP contribution in [0, 0.1) is 17.9 Å². The lowest BCUT2D eigenvalue weighted by atomic mass is 9.33. The van der Waals surface area contributed by atoms with Gasteiger partial charge in [0.1, 0.15) is 0 Å². The molecule has 0 N–H and O–H groups in total. The lowest BCUT2D eigenvalue weighted by Crippen LogP contribution is -2.61. The number of aromatic nitrogens is 1. The summed E-state index contributed by atoms with van der Waals surface area (Å²) in [5.74, 6) is 0. The first-order chi connectivity index (χ1) is 55.2. The van der Waals surface area contributed by atoms with Gasteiger partial charge in [0.25, 0.3) is 6.71 Å². The monoisotopic (exact) mass is 1500 g/mol. The minimum atomic E-state index is -0.415. The van der Waals surface area contributed by atoms with E-state index in [1.165, 1.54) is 60.5 Å². The Kier molecular flexibility index (Phi) is 18.5. The Bertz CT molecular complexity index is 6350. The van der Waals surface area contributed by atoms with Crippen LogP contribution in [-0.2, 0) is 32.5 Å². The second kappa shape index (κ2) is 28.2. The molecule has 3 heterocycles. The second-order valence-electron chi connectivity index (χ2n) is 38.5. The molecule has 6 heteroatoms. The maximum absolute atomic E-state index is 10.7. The van der Waals surface area contributed by atoms with Gasteiger partial charge in [0, 0.05) is 61.5 Å². The van der Waals surface area contributed by atoms with Crippen molar-refractivity contribution in [3.05, 3.63) is 342 Å². The fourth-order valence-electron chi connectivity index (χ4n) is 17.7. The lowest BCUT2D eigenvalue weighted by molar-refractivity contribution is 0.590. The lowest BCUT2D eigenvalue weighted by Gasteiger charge is -2.46. The van der Waals surface area contributed by atoms with E-state index in [-0.39, 0.29) is 33.8 Å². The topological polar surface area (TPSA) is 39.6 Å². The van der Waals surface area contributed by atoms with Crippen LogP contribution in [-0.4, -0.2) is 11.3 Å². The van der Waals surface area contributed by atoms with E-state index >= 15 is 0 Å². The van der Waals surface area contributed by atoms with Crippen molar-refractivity contribution in [3.63, 3.8) is 0 Å². The number of benzene rings is 14. The molecular weight excluding hydrogens is 1400 g/mol. The summed E-state index contributed by atoms with van der Waals surface area (Å²) in [6, 6.07) is 113. The van der Waals surface area contributed by atoms with Crippen molar-refractivity contribution in [1.82, 2.24) is 4.57 Å². The Hall–Kier alpha value is -12.5. The van der Waals surface area contributed by atoms with Gasteiger partial charge in [0.05, 0.1) is 40.6 Å². The summed E-state index contributed by atoms with van der Waals surface area (Å²) >= 11 is 0. The molecular formula is C110H102BN5. The zero-order chi connectivity index (χ0) is 81.4. The maximum atomic E-state index is 10.7. The molecule has 0 atom stereocenters. The van der Waals surface area contributed by atoms with Gasteiger partial charge < -0.3 is 14.4 Å². The summed E-state index contributed by atoms with van der Waals surface area (Å²) in [6.45, 7) is 49.9. The van der Waals surface area contributed by atoms with E-state index in [0.29, 0.717) is 11.3 Å². The van der Waals surface area contributed by atoms with E-state index in [2.05, 4.69) is 417 Å². The van der Waals surface area contributed by atoms with Gasteiger partial charge in [-0.2, -0.15) is 5.26 Å². The average Bonchev–Trinajstić information content (AvgIpc) is 0.698. The predicted molar refractivity (Wildman–Crippen MR) is 496 cm³/mol. The molecule has 0 bridgehead atoms. The first-order valence-electron chi connectivity index (χ1n) is 41.1. The molecule has 2 aliphatic heterocycles. The number of rotatable bonds is 10. The Morgan fingerprint density at radius 2 is 0.690 bits per heavy atom. The van der Waals surface area contributed by atoms with Gasteiger partial charge in [-0.1, -0.05) is 331 Å². The molecule has 0 unspecified atom stereocenters. The van der Waals surface area contributed by atoms with Crippen LogP contribution < -0.4 is 26.2 Å². The molecule has 0 amide bonds. The van der Waals surface area contributed by atoms with Gasteiger partial charge in [-0.25, -0.2) is 4.85 Å². The van der Waals surface area contributed by atoms with Crippen molar-refractivity contribution in [3.8, 4) is 89.6 Å². The third kappa shape index (κ3) is 13.7. The second-order valence-corrected chi connectivity index (χ2v) is 38.5. The van der Waals surface area contributed by atoms with Crippen LogP contribution >= 0.6 is 0 Å². The average molecular weight is 1500 g/mol. The molecule has 5 nitrogen and oxygen atoms in total. The number of nitrogens with zero attached hydrogens (tertiary/aromatic N) is 5. The molecule has 0 saturated heterocycles. The largest absolute Gasteiger partial charge is 0.310 e. The van der Waals surface area contributed by atoms with Gasteiger partial charge in [-0.3, -0.25) is 0 Å². The van der Waals surface area contributed by atoms with E-state index in [0.717, 1.165) is 129 Å². The summed E-state index contributed by atoms with van der Waals surface area (Å²) in [7, 11) is 0. The Morgan fingerprint density at radius 3 is 1.13 bits per heavy atom. The third-order valence-corrected chi connectivity index (χ3v) is 24.3.